The fourth-order valence-corrected chi connectivity index (χ4v) is 3.08. The molecule has 1 aromatic heterocycles. The lowest BCUT2D eigenvalue weighted by molar-refractivity contribution is -0.140. The number of benzene rings is 2. The van der Waals surface area contributed by atoms with Crippen molar-refractivity contribution in [1.29, 1.82) is 0 Å². The highest BCUT2D eigenvalue weighted by Crippen LogP contribution is 2.32. The number of anilines is 1. The first kappa shape index (κ1) is 15.7. The summed E-state index contributed by atoms with van der Waals surface area (Å²) < 4.78 is 38.7. The average molecular weight is 345 g/mol. The Morgan fingerprint density at radius 1 is 1.04 bits per heavy atom. The highest BCUT2D eigenvalue weighted by Gasteiger charge is 2.33. The fourth-order valence-electron chi connectivity index (χ4n) is 3.08. The van der Waals surface area contributed by atoms with Gasteiger partial charge in [0, 0.05) is 35.2 Å². The standard InChI is InChI=1S/C18H14F3N3O/c19-18(20,21)16-7-14-13(2-1-3-15(14)24-16)17(25)23-12-5-4-10-8-22-9-11(10)6-12/h1-7,22,24H,8-9H2,(H,23,25). The molecule has 0 saturated carbocycles. The Bertz CT molecular complexity index is 975. The average Bonchev–Trinajstić information content (AvgIpc) is 3.19. The predicted molar refractivity (Wildman–Crippen MR) is 88.2 cm³/mol. The summed E-state index contributed by atoms with van der Waals surface area (Å²) in [7, 11) is 0. The van der Waals surface area contributed by atoms with Crippen LogP contribution in [0.2, 0.25) is 0 Å². The monoisotopic (exact) mass is 345 g/mol. The lowest BCUT2D eigenvalue weighted by Gasteiger charge is -2.08. The molecule has 0 radical (unpaired) electrons. The molecule has 4 nitrogen and oxygen atoms in total. The third kappa shape index (κ3) is 2.87. The minimum Gasteiger partial charge on any atom is -0.351 e. The van der Waals surface area contributed by atoms with Gasteiger partial charge in [-0.15, -0.1) is 0 Å². The Balaban J connectivity index is 1.67. The van der Waals surface area contributed by atoms with Crippen molar-refractivity contribution in [3.63, 3.8) is 0 Å². The minimum atomic E-state index is -4.49. The third-order valence-corrected chi connectivity index (χ3v) is 4.31. The first-order valence-corrected chi connectivity index (χ1v) is 7.74. The maximum Gasteiger partial charge on any atom is 0.431 e. The predicted octanol–water partition coefficient (Wildman–Crippen LogP) is 4.04. The van der Waals surface area contributed by atoms with Crippen molar-refractivity contribution < 1.29 is 18.0 Å². The number of amides is 1. The van der Waals surface area contributed by atoms with Gasteiger partial charge in [-0.2, -0.15) is 13.2 Å². The van der Waals surface area contributed by atoms with Crippen molar-refractivity contribution in [1.82, 2.24) is 10.3 Å². The van der Waals surface area contributed by atoms with Gasteiger partial charge in [0.15, 0.2) is 0 Å². The van der Waals surface area contributed by atoms with Gasteiger partial charge >= 0.3 is 6.18 Å². The zero-order valence-electron chi connectivity index (χ0n) is 13.0. The van der Waals surface area contributed by atoms with Gasteiger partial charge in [-0.1, -0.05) is 12.1 Å². The number of hydrogen-bond acceptors (Lipinski definition) is 2. The maximum atomic E-state index is 12.9. The van der Waals surface area contributed by atoms with Gasteiger partial charge in [-0.3, -0.25) is 4.79 Å². The third-order valence-electron chi connectivity index (χ3n) is 4.31. The number of hydrogen-bond donors (Lipinski definition) is 3. The number of rotatable bonds is 2. The molecule has 128 valence electrons. The van der Waals surface area contributed by atoms with E-state index in [-0.39, 0.29) is 16.5 Å². The van der Waals surface area contributed by atoms with Crippen LogP contribution in [-0.2, 0) is 19.3 Å². The number of aromatic nitrogens is 1. The summed E-state index contributed by atoms with van der Waals surface area (Å²) in [6.07, 6.45) is -4.49. The van der Waals surface area contributed by atoms with Crippen LogP contribution in [0.25, 0.3) is 10.9 Å². The molecule has 25 heavy (non-hydrogen) atoms. The molecule has 3 N–H and O–H groups in total. The zero-order valence-corrected chi connectivity index (χ0v) is 13.0. The number of aromatic amines is 1. The Morgan fingerprint density at radius 2 is 1.84 bits per heavy atom. The summed E-state index contributed by atoms with van der Waals surface area (Å²) in [5.41, 5.74) is 2.51. The van der Waals surface area contributed by atoms with Crippen LogP contribution >= 0.6 is 0 Å². The van der Waals surface area contributed by atoms with Crippen molar-refractivity contribution in [3.8, 4) is 0 Å². The number of carbonyl (C=O) groups is 1. The van der Waals surface area contributed by atoms with E-state index in [2.05, 4.69) is 15.6 Å². The Kier molecular flexibility index (Phi) is 3.54. The number of H-pyrrole nitrogens is 1. The van der Waals surface area contributed by atoms with Crippen LogP contribution in [0.15, 0.2) is 42.5 Å². The van der Waals surface area contributed by atoms with Crippen LogP contribution in [0.5, 0.6) is 0 Å². The van der Waals surface area contributed by atoms with Gasteiger partial charge in [0.1, 0.15) is 5.69 Å². The van der Waals surface area contributed by atoms with E-state index >= 15 is 0 Å². The van der Waals surface area contributed by atoms with E-state index in [1.165, 1.54) is 17.7 Å². The molecule has 1 aliphatic heterocycles. The van der Waals surface area contributed by atoms with E-state index in [9.17, 15) is 18.0 Å². The second kappa shape index (κ2) is 5.63. The van der Waals surface area contributed by atoms with Crippen molar-refractivity contribution in [2.75, 3.05) is 5.32 Å². The first-order chi connectivity index (χ1) is 11.9. The normalized spacial score (nSPS) is 13.9. The molecule has 1 aliphatic rings. The maximum absolute atomic E-state index is 12.9. The molecule has 7 heteroatoms. The largest absolute Gasteiger partial charge is 0.431 e. The molecule has 4 rings (SSSR count). The molecule has 0 aliphatic carbocycles. The Hall–Kier alpha value is -2.80. The van der Waals surface area contributed by atoms with Crippen molar-refractivity contribution in [2.24, 2.45) is 0 Å². The number of carbonyl (C=O) groups excluding carboxylic acids is 1. The van der Waals surface area contributed by atoms with Crippen LogP contribution in [0.4, 0.5) is 18.9 Å². The Labute approximate surface area is 141 Å². The van der Waals surface area contributed by atoms with E-state index in [4.69, 9.17) is 0 Å². The molecular weight excluding hydrogens is 331 g/mol. The van der Waals surface area contributed by atoms with E-state index < -0.39 is 17.8 Å². The molecule has 0 fully saturated rings. The van der Waals surface area contributed by atoms with Crippen LogP contribution in [-0.4, -0.2) is 10.9 Å². The molecule has 2 aromatic carbocycles. The highest BCUT2D eigenvalue weighted by atomic mass is 19.4. The molecule has 0 unspecified atom stereocenters. The van der Waals surface area contributed by atoms with Gasteiger partial charge in [0.05, 0.1) is 0 Å². The summed E-state index contributed by atoms with van der Waals surface area (Å²) in [4.78, 5) is 14.9. The van der Waals surface area contributed by atoms with Crippen molar-refractivity contribution >= 4 is 22.5 Å². The molecular formula is C18H14F3N3O. The Morgan fingerprint density at radius 3 is 2.64 bits per heavy atom. The van der Waals surface area contributed by atoms with Crippen LogP contribution < -0.4 is 10.6 Å². The second-order valence-corrected chi connectivity index (χ2v) is 5.99. The smallest absolute Gasteiger partial charge is 0.351 e. The molecule has 0 bridgehead atoms. The van der Waals surface area contributed by atoms with E-state index in [0.29, 0.717) is 5.69 Å². The van der Waals surface area contributed by atoms with Crippen LogP contribution in [0.1, 0.15) is 27.2 Å². The van der Waals surface area contributed by atoms with E-state index in [1.54, 1.807) is 12.1 Å². The van der Waals surface area contributed by atoms with Gasteiger partial charge in [0.25, 0.3) is 5.91 Å². The summed E-state index contributed by atoms with van der Waals surface area (Å²) in [6, 6.07) is 11.2. The molecule has 0 atom stereocenters. The number of nitrogens with one attached hydrogen (secondary N) is 3. The fraction of sp³-hybridized carbons (Fsp3) is 0.167. The van der Waals surface area contributed by atoms with E-state index in [0.717, 1.165) is 24.7 Å². The van der Waals surface area contributed by atoms with Gasteiger partial charge in [-0.25, -0.2) is 0 Å². The molecule has 3 aromatic rings. The molecule has 1 amide bonds. The first-order valence-electron chi connectivity index (χ1n) is 7.74. The lowest BCUT2D eigenvalue weighted by Crippen LogP contribution is -2.12. The van der Waals surface area contributed by atoms with Crippen LogP contribution in [0.3, 0.4) is 0 Å². The molecule has 2 heterocycles. The quantitative estimate of drug-likeness (QED) is 0.656. The van der Waals surface area contributed by atoms with Crippen molar-refractivity contribution in [3.05, 3.63) is 64.8 Å². The second-order valence-electron chi connectivity index (χ2n) is 5.99. The van der Waals surface area contributed by atoms with Gasteiger partial charge in [0.2, 0.25) is 0 Å². The van der Waals surface area contributed by atoms with Crippen LogP contribution in [0, 0.1) is 0 Å². The van der Waals surface area contributed by atoms with Gasteiger partial charge in [-0.05, 0) is 41.5 Å². The summed E-state index contributed by atoms with van der Waals surface area (Å²) in [5.74, 6) is -0.441. The van der Waals surface area contributed by atoms with Crippen molar-refractivity contribution in [2.45, 2.75) is 19.3 Å². The number of halogens is 3. The number of alkyl halides is 3. The lowest BCUT2D eigenvalue weighted by atomic mass is 10.1. The highest BCUT2D eigenvalue weighted by molar-refractivity contribution is 6.12. The number of fused-ring (bicyclic) bond motifs is 2. The van der Waals surface area contributed by atoms with Gasteiger partial charge < -0.3 is 15.6 Å². The van der Waals surface area contributed by atoms with E-state index in [1.807, 2.05) is 12.1 Å². The summed E-state index contributed by atoms with van der Waals surface area (Å²) in [5, 5.41) is 6.23. The molecule has 0 saturated heterocycles. The zero-order chi connectivity index (χ0) is 17.6. The minimum absolute atomic E-state index is 0.197. The molecule has 0 spiro atoms. The summed E-state index contributed by atoms with van der Waals surface area (Å²) in [6.45, 7) is 1.54. The SMILES string of the molecule is O=C(Nc1ccc2c(c1)CNC2)c1cccc2[nH]c(C(F)(F)F)cc12. The summed E-state index contributed by atoms with van der Waals surface area (Å²) >= 11 is 0. The topological polar surface area (TPSA) is 56.9 Å².